The van der Waals surface area contributed by atoms with Crippen molar-refractivity contribution in [3.63, 3.8) is 0 Å². The van der Waals surface area contributed by atoms with Crippen LogP contribution in [0.4, 0.5) is 0 Å². The number of likely N-dealkylation sites (N-methyl/N-ethyl adjacent to an activating group) is 1. The molecule has 1 aromatic carbocycles. The molecule has 1 rings (SSSR count). The monoisotopic (exact) mass is 333 g/mol. The fourth-order valence-electron chi connectivity index (χ4n) is 1.63. The van der Waals surface area contributed by atoms with E-state index < -0.39 is 0 Å². The van der Waals surface area contributed by atoms with Gasteiger partial charge in [0.25, 0.3) is 0 Å². The van der Waals surface area contributed by atoms with Crippen LogP contribution in [-0.2, 0) is 11.2 Å². The van der Waals surface area contributed by atoms with Crippen LogP contribution in [0.25, 0.3) is 0 Å². The van der Waals surface area contributed by atoms with E-state index in [4.69, 9.17) is 16.3 Å². The van der Waals surface area contributed by atoms with Crippen molar-refractivity contribution < 1.29 is 9.53 Å². The number of halogens is 2. The molecule has 0 fully saturated rings. The number of carbonyl (C=O) groups excluding carboxylic acids is 1. The highest BCUT2D eigenvalue weighted by Gasteiger charge is 2.10. The molecule has 0 aliphatic carbocycles. The van der Waals surface area contributed by atoms with Gasteiger partial charge in [-0.3, -0.25) is 4.79 Å². The Kier molecular flexibility index (Phi) is 6.50. The van der Waals surface area contributed by atoms with E-state index in [1.165, 1.54) is 0 Å². The summed E-state index contributed by atoms with van der Waals surface area (Å²) in [5.41, 5.74) is 1.08. The Morgan fingerprint density at radius 1 is 1.50 bits per heavy atom. The molecule has 0 saturated heterocycles. The Morgan fingerprint density at radius 3 is 2.83 bits per heavy atom. The summed E-state index contributed by atoms with van der Waals surface area (Å²) in [6, 6.07) is 5.86. The summed E-state index contributed by atoms with van der Waals surface area (Å²) in [6.07, 6.45) is 1.14. The lowest BCUT2D eigenvalue weighted by molar-refractivity contribution is -0.129. The van der Waals surface area contributed by atoms with Gasteiger partial charge in [-0.05, 0) is 30.2 Å². The molecule has 0 saturated carbocycles. The van der Waals surface area contributed by atoms with Crippen LogP contribution < -0.4 is 4.74 Å². The van der Waals surface area contributed by atoms with Crippen molar-refractivity contribution in [3.05, 3.63) is 28.2 Å². The van der Waals surface area contributed by atoms with Crippen LogP contribution >= 0.6 is 27.5 Å². The van der Waals surface area contributed by atoms with E-state index in [1.54, 1.807) is 19.1 Å². The van der Waals surface area contributed by atoms with E-state index in [1.807, 2.05) is 18.2 Å². The molecule has 0 unspecified atom stereocenters. The van der Waals surface area contributed by atoms with Gasteiger partial charge < -0.3 is 9.64 Å². The highest BCUT2D eigenvalue weighted by Crippen LogP contribution is 2.23. The number of carbonyl (C=O) groups is 1. The van der Waals surface area contributed by atoms with Gasteiger partial charge in [0.05, 0.1) is 7.11 Å². The van der Waals surface area contributed by atoms with Crippen molar-refractivity contribution in [2.24, 2.45) is 0 Å². The summed E-state index contributed by atoms with van der Waals surface area (Å²) in [5.74, 6) is 1.28. The SMILES string of the molecule is COc1ccc(Br)cc1CCN(C)C(=O)CCCl. The predicted molar refractivity (Wildman–Crippen MR) is 77.4 cm³/mol. The maximum Gasteiger partial charge on any atom is 0.223 e. The highest BCUT2D eigenvalue weighted by molar-refractivity contribution is 9.10. The van der Waals surface area contributed by atoms with Crippen LogP contribution in [-0.4, -0.2) is 37.4 Å². The smallest absolute Gasteiger partial charge is 0.223 e. The normalized spacial score (nSPS) is 10.2. The maximum atomic E-state index is 11.6. The lowest BCUT2D eigenvalue weighted by Gasteiger charge is -2.17. The van der Waals surface area contributed by atoms with Gasteiger partial charge in [-0.1, -0.05) is 15.9 Å². The topological polar surface area (TPSA) is 29.5 Å². The van der Waals surface area contributed by atoms with Crippen molar-refractivity contribution in [1.29, 1.82) is 0 Å². The molecule has 0 bridgehead atoms. The molecule has 0 spiro atoms. The number of nitrogens with zero attached hydrogens (tertiary/aromatic N) is 1. The zero-order valence-electron chi connectivity index (χ0n) is 10.6. The summed E-state index contributed by atoms with van der Waals surface area (Å²) in [6.45, 7) is 0.655. The Morgan fingerprint density at radius 2 is 2.22 bits per heavy atom. The number of ether oxygens (including phenoxy) is 1. The van der Waals surface area contributed by atoms with Crippen LogP contribution in [0.2, 0.25) is 0 Å². The van der Waals surface area contributed by atoms with E-state index >= 15 is 0 Å². The molecule has 0 heterocycles. The number of hydrogen-bond donors (Lipinski definition) is 0. The van der Waals surface area contributed by atoms with Gasteiger partial charge in [0.15, 0.2) is 0 Å². The Balaban J connectivity index is 2.62. The standard InChI is InChI=1S/C13H17BrClNO2/c1-16(13(17)5-7-15)8-6-10-9-11(14)3-4-12(10)18-2/h3-4,9H,5-8H2,1-2H3. The quantitative estimate of drug-likeness (QED) is 0.748. The third-order valence-electron chi connectivity index (χ3n) is 2.69. The molecule has 1 aromatic rings. The van der Waals surface area contributed by atoms with Crippen molar-refractivity contribution in [2.75, 3.05) is 26.6 Å². The third-order valence-corrected chi connectivity index (χ3v) is 3.38. The van der Waals surface area contributed by atoms with Gasteiger partial charge in [-0.25, -0.2) is 0 Å². The van der Waals surface area contributed by atoms with Gasteiger partial charge in [0, 0.05) is 30.4 Å². The van der Waals surface area contributed by atoms with Crippen LogP contribution in [0.3, 0.4) is 0 Å². The van der Waals surface area contributed by atoms with E-state index in [-0.39, 0.29) is 5.91 Å². The molecular weight excluding hydrogens is 318 g/mol. The number of alkyl halides is 1. The Hall–Kier alpha value is -0.740. The second-order valence-corrected chi connectivity index (χ2v) is 5.25. The first-order valence-electron chi connectivity index (χ1n) is 5.70. The van der Waals surface area contributed by atoms with Gasteiger partial charge in [0.2, 0.25) is 5.91 Å². The summed E-state index contributed by atoms with van der Waals surface area (Å²) in [4.78, 5) is 13.3. The Bertz CT molecular complexity index is 412. The van der Waals surface area contributed by atoms with Gasteiger partial charge in [-0.15, -0.1) is 11.6 Å². The fraction of sp³-hybridized carbons (Fsp3) is 0.462. The predicted octanol–water partition coefficient (Wildman–Crippen LogP) is 3.09. The van der Waals surface area contributed by atoms with Crippen LogP contribution in [0.15, 0.2) is 22.7 Å². The van der Waals surface area contributed by atoms with Crippen molar-refractivity contribution >= 4 is 33.4 Å². The third kappa shape index (κ3) is 4.50. The number of hydrogen-bond acceptors (Lipinski definition) is 2. The van der Waals surface area contributed by atoms with Crippen molar-refractivity contribution in [1.82, 2.24) is 4.90 Å². The molecule has 0 N–H and O–H groups in total. The lowest BCUT2D eigenvalue weighted by atomic mass is 10.1. The molecule has 1 amide bonds. The van der Waals surface area contributed by atoms with E-state index in [9.17, 15) is 4.79 Å². The first-order chi connectivity index (χ1) is 8.58. The molecule has 0 aromatic heterocycles. The highest BCUT2D eigenvalue weighted by atomic mass is 79.9. The summed E-state index contributed by atoms with van der Waals surface area (Å²) in [5, 5.41) is 0. The molecular formula is C13H17BrClNO2. The average Bonchev–Trinajstić information content (AvgIpc) is 2.36. The zero-order valence-corrected chi connectivity index (χ0v) is 12.9. The second-order valence-electron chi connectivity index (χ2n) is 3.96. The fourth-order valence-corrected chi connectivity index (χ4v) is 2.20. The molecule has 100 valence electrons. The lowest BCUT2D eigenvalue weighted by Crippen LogP contribution is -2.28. The number of amides is 1. The second kappa shape index (κ2) is 7.64. The number of benzene rings is 1. The summed E-state index contributed by atoms with van der Waals surface area (Å²) >= 11 is 8.99. The minimum Gasteiger partial charge on any atom is -0.496 e. The summed E-state index contributed by atoms with van der Waals surface area (Å²) in [7, 11) is 3.44. The zero-order chi connectivity index (χ0) is 13.5. The van der Waals surface area contributed by atoms with Crippen LogP contribution in [0, 0.1) is 0 Å². The Labute approximate surface area is 121 Å². The van der Waals surface area contributed by atoms with Crippen LogP contribution in [0.5, 0.6) is 5.75 Å². The van der Waals surface area contributed by atoms with E-state index in [2.05, 4.69) is 15.9 Å². The molecule has 0 atom stereocenters. The minimum atomic E-state index is 0.0685. The van der Waals surface area contributed by atoms with Gasteiger partial charge in [0.1, 0.15) is 5.75 Å². The number of rotatable bonds is 6. The van der Waals surface area contributed by atoms with E-state index in [0.717, 1.165) is 22.2 Å². The first-order valence-corrected chi connectivity index (χ1v) is 7.03. The largest absolute Gasteiger partial charge is 0.496 e. The average molecular weight is 335 g/mol. The van der Waals surface area contributed by atoms with Crippen molar-refractivity contribution in [2.45, 2.75) is 12.8 Å². The number of methoxy groups -OCH3 is 1. The molecule has 18 heavy (non-hydrogen) atoms. The van der Waals surface area contributed by atoms with Gasteiger partial charge in [-0.2, -0.15) is 0 Å². The van der Waals surface area contributed by atoms with Crippen molar-refractivity contribution in [3.8, 4) is 5.75 Å². The van der Waals surface area contributed by atoms with Gasteiger partial charge >= 0.3 is 0 Å². The van der Waals surface area contributed by atoms with E-state index in [0.29, 0.717) is 18.8 Å². The molecule has 5 heteroatoms. The molecule has 3 nitrogen and oxygen atoms in total. The first kappa shape index (κ1) is 15.3. The molecule has 0 radical (unpaired) electrons. The molecule has 0 aliphatic rings. The maximum absolute atomic E-state index is 11.6. The van der Waals surface area contributed by atoms with Crippen LogP contribution in [0.1, 0.15) is 12.0 Å². The minimum absolute atomic E-state index is 0.0685. The molecule has 0 aliphatic heterocycles. The summed E-state index contributed by atoms with van der Waals surface area (Å²) < 4.78 is 6.30.